The summed E-state index contributed by atoms with van der Waals surface area (Å²) in [6.45, 7) is 0.370. The van der Waals surface area contributed by atoms with E-state index in [0.29, 0.717) is 17.4 Å². The zero-order chi connectivity index (χ0) is 10.1. The van der Waals surface area contributed by atoms with Crippen LogP contribution < -0.4 is 17.0 Å². The summed E-state index contributed by atoms with van der Waals surface area (Å²) in [5.74, 6) is 0. The molecule has 0 amide bonds. The number of nitrogens with one attached hydrogen (secondary N) is 2. The van der Waals surface area contributed by atoms with Crippen LogP contribution in [0.25, 0.3) is 10.9 Å². The average Bonchev–Trinajstić information content (AvgIpc) is 2.17. The molecule has 1 heterocycles. The number of rotatable bonds is 1. The van der Waals surface area contributed by atoms with Gasteiger partial charge in [0.1, 0.15) is 0 Å². The minimum Gasteiger partial charge on any atom is -0.326 e. The van der Waals surface area contributed by atoms with E-state index in [2.05, 4.69) is 9.97 Å². The van der Waals surface area contributed by atoms with Crippen LogP contribution in [0.1, 0.15) is 5.56 Å². The highest BCUT2D eigenvalue weighted by Gasteiger charge is 2.00. The Morgan fingerprint density at radius 2 is 2.00 bits per heavy atom. The number of benzene rings is 1. The van der Waals surface area contributed by atoms with Crippen LogP contribution in [0.3, 0.4) is 0 Å². The van der Waals surface area contributed by atoms with Crippen LogP contribution in [0.15, 0.2) is 27.8 Å². The second kappa shape index (κ2) is 3.12. The maximum absolute atomic E-state index is 11.4. The molecular weight excluding hydrogens is 182 g/mol. The van der Waals surface area contributed by atoms with Gasteiger partial charge in [0.05, 0.1) is 10.9 Å². The molecule has 2 aromatic rings. The molecule has 72 valence electrons. The topological polar surface area (TPSA) is 91.7 Å². The van der Waals surface area contributed by atoms with Crippen molar-refractivity contribution in [2.45, 2.75) is 6.54 Å². The number of aromatic amines is 2. The molecule has 0 atom stereocenters. The van der Waals surface area contributed by atoms with Gasteiger partial charge in [-0.05, 0) is 17.7 Å². The molecule has 5 heteroatoms. The summed E-state index contributed by atoms with van der Waals surface area (Å²) in [5.41, 5.74) is 5.93. The fourth-order valence-electron chi connectivity index (χ4n) is 1.34. The van der Waals surface area contributed by atoms with Crippen molar-refractivity contribution in [3.8, 4) is 0 Å². The fraction of sp³-hybridized carbons (Fsp3) is 0.111. The molecule has 4 N–H and O–H groups in total. The van der Waals surface area contributed by atoms with Gasteiger partial charge in [0.15, 0.2) is 0 Å². The van der Waals surface area contributed by atoms with Crippen LogP contribution in [0.5, 0.6) is 0 Å². The SMILES string of the molecule is NCc1ccc2[nH]c(=O)[nH]c(=O)c2c1. The van der Waals surface area contributed by atoms with E-state index in [9.17, 15) is 9.59 Å². The van der Waals surface area contributed by atoms with E-state index < -0.39 is 5.69 Å². The summed E-state index contributed by atoms with van der Waals surface area (Å²) >= 11 is 0. The highest BCUT2D eigenvalue weighted by Crippen LogP contribution is 2.07. The monoisotopic (exact) mass is 191 g/mol. The van der Waals surface area contributed by atoms with Gasteiger partial charge in [0.25, 0.3) is 5.56 Å². The van der Waals surface area contributed by atoms with Crippen LogP contribution in [-0.4, -0.2) is 9.97 Å². The lowest BCUT2D eigenvalue weighted by molar-refractivity contribution is 1.06. The minimum absolute atomic E-state index is 0.370. The second-order valence-corrected chi connectivity index (χ2v) is 2.99. The van der Waals surface area contributed by atoms with Gasteiger partial charge in [-0.3, -0.25) is 9.78 Å². The first-order valence-corrected chi connectivity index (χ1v) is 4.16. The summed E-state index contributed by atoms with van der Waals surface area (Å²) in [5, 5.41) is 0.451. The summed E-state index contributed by atoms with van der Waals surface area (Å²) in [6.07, 6.45) is 0. The zero-order valence-corrected chi connectivity index (χ0v) is 7.33. The molecule has 0 saturated heterocycles. The van der Waals surface area contributed by atoms with E-state index in [1.165, 1.54) is 0 Å². The Hall–Kier alpha value is -1.88. The van der Waals surface area contributed by atoms with Gasteiger partial charge < -0.3 is 10.7 Å². The maximum Gasteiger partial charge on any atom is 0.326 e. The van der Waals surface area contributed by atoms with Crippen molar-refractivity contribution in [2.75, 3.05) is 0 Å². The van der Waals surface area contributed by atoms with E-state index >= 15 is 0 Å². The quantitative estimate of drug-likeness (QED) is 0.576. The van der Waals surface area contributed by atoms with Crippen LogP contribution in [0, 0.1) is 0 Å². The first-order valence-electron chi connectivity index (χ1n) is 4.16. The van der Waals surface area contributed by atoms with Crippen molar-refractivity contribution in [1.82, 2.24) is 9.97 Å². The number of hydrogen-bond donors (Lipinski definition) is 3. The largest absolute Gasteiger partial charge is 0.326 e. The maximum atomic E-state index is 11.4. The highest BCUT2D eigenvalue weighted by molar-refractivity contribution is 5.77. The molecular formula is C9H9N3O2. The van der Waals surface area contributed by atoms with Crippen LogP contribution in [0.2, 0.25) is 0 Å². The molecule has 0 aliphatic carbocycles. The molecule has 0 radical (unpaired) electrons. The second-order valence-electron chi connectivity index (χ2n) is 2.99. The van der Waals surface area contributed by atoms with E-state index in [1.54, 1.807) is 18.2 Å². The standard InChI is InChI=1S/C9H9N3O2/c10-4-5-1-2-7-6(3-5)8(13)12-9(14)11-7/h1-3H,4,10H2,(H2,11,12,13,14). The number of hydrogen-bond acceptors (Lipinski definition) is 3. The molecule has 0 aliphatic heterocycles. The molecule has 0 aliphatic rings. The summed E-state index contributed by atoms with van der Waals surface area (Å²) in [7, 11) is 0. The first-order chi connectivity index (χ1) is 6.70. The van der Waals surface area contributed by atoms with Gasteiger partial charge in [-0.15, -0.1) is 0 Å². The van der Waals surface area contributed by atoms with Gasteiger partial charge in [-0.25, -0.2) is 4.79 Å². The number of nitrogens with two attached hydrogens (primary N) is 1. The predicted molar refractivity (Wildman–Crippen MR) is 53.1 cm³/mol. The third-order valence-corrected chi connectivity index (χ3v) is 2.04. The average molecular weight is 191 g/mol. The molecule has 14 heavy (non-hydrogen) atoms. The number of aromatic nitrogens is 2. The van der Waals surface area contributed by atoms with Crippen molar-refractivity contribution >= 4 is 10.9 Å². The zero-order valence-electron chi connectivity index (χ0n) is 7.33. The Balaban J connectivity index is 2.89. The lowest BCUT2D eigenvalue weighted by atomic mass is 10.1. The molecule has 0 fully saturated rings. The Bertz CT molecular complexity index is 582. The van der Waals surface area contributed by atoms with Crippen LogP contribution in [-0.2, 0) is 6.54 Å². The number of H-pyrrole nitrogens is 2. The highest BCUT2D eigenvalue weighted by atomic mass is 16.2. The summed E-state index contributed by atoms with van der Waals surface area (Å²) in [4.78, 5) is 27.0. The van der Waals surface area contributed by atoms with Crippen molar-refractivity contribution in [2.24, 2.45) is 5.73 Å². The molecule has 0 spiro atoms. The minimum atomic E-state index is -0.497. The molecule has 5 nitrogen and oxygen atoms in total. The first kappa shape index (κ1) is 8.71. The molecule has 1 aromatic carbocycles. The van der Waals surface area contributed by atoms with Gasteiger partial charge in [-0.1, -0.05) is 6.07 Å². The number of fused-ring (bicyclic) bond motifs is 1. The Morgan fingerprint density at radius 3 is 2.71 bits per heavy atom. The van der Waals surface area contributed by atoms with Gasteiger partial charge in [0, 0.05) is 6.54 Å². The summed E-state index contributed by atoms with van der Waals surface area (Å²) in [6, 6.07) is 5.12. The van der Waals surface area contributed by atoms with Crippen LogP contribution in [0.4, 0.5) is 0 Å². The van der Waals surface area contributed by atoms with Crippen molar-refractivity contribution in [3.05, 3.63) is 44.6 Å². The van der Waals surface area contributed by atoms with Crippen molar-refractivity contribution in [3.63, 3.8) is 0 Å². The van der Waals surface area contributed by atoms with E-state index in [4.69, 9.17) is 5.73 Å². The normalized spacial score (nSPS) is 10.6. The fourth-order valence-corrected chi connectivity index (χ4v) is 1.34. The summed E-state index contributed by atoms with van der Waals surface area (Å²) < 4.78 is 0. The molecule has 0 unspecified atom stereocenters. The van der Waals surface area contributed by atoms with E-state index in [0.717, 1.165) is 5.56 Å². The smallest absolute Gasteiger partial charge is 0.326 e. The van der Waals surface area contributed by atoms with Gasteiger partial charge >= 0.3 is 5.69 Å². The van der Waals surface area contributed by atoms with E-state index in [1.807, 2.05) is 0 Å². The predicted octanol–water partition coefficient (Wildman–Crippen LogP) is -0.325. The lowest BCUT2D eigenvalue weighted by Crippen LogP contribution is -2.21. The van der Waals surface area contributed by atoms with E-state index in [-0.39, 0.29) is 5.56 Å². The Labute approximate surface area is 78.6 Å². The van der Waals surface area contributed by atoms with Crippen LogP contribution >= 0.6 is 0 Å². The Morgan fingerprint density at radius 1 is 1.21 bits per heavy atom. The van der Waals surface area contributed by atoms with Gasteiger partial charge in [-0.2, -0.15) is 0 Å². The Kier molecular flexibility index (Phi) is 1.94. The third kappa shape index (κ3) is 1.33. The molecule has 2 rings (SSSR count). The third-order valence-electron chi connectivity index (χ3n) is 2.04. The molecule has 1 aromatic heterocycles. The van der Waals surface area contributed by atoms with Gasteiger partial charge in [0.2, 0.25) is 0 Å². The van der Waals surface area contributed by atoms with Crippen molar-refractivity contribution in [1.29, 1.82) is 0 Å². The molecule has 0 bridgehead atoms. The van der Waals surface area contributed by atoms with Crippen molar-refractivity contribution < 1.29 is 0 Å². The molecule has 0 saturated carbocycles. The lowest BCUT2D eigenvalue weighted by Gasteiger charge is -1.99.